The normalized spacial score (nSPS) is 15.2. The number of hydrogen-bond donors (Lipinski definition) is 1. The zero-order valence-electron chi connectivity index (χ0n) is 22.8. The van der Waals surface area contributed by atoms with Crippen LogP contribution in [-0.4, -0.2) is 15.0 Å². The Balaban J connectivity index is 1.22. The van der Waals surface area contributed by atoms with Gasteiger partial charge in [0, 0.05) is 48.8 Å². The van der Waals surface area contributed by atoms with Crippen molar-refractivity contribution >= 4 is 64.8 Å². The molecule has 3 nitrogen and oxygen atoms in total. The van der Waals surface area contributed by atoms with E-state index in [2.05, 4.69) is 160 Å². The molecule has 2 N–H and O–H groups in total. The Bertz CT molecular complexity index is 2310. The summed E-state index contributed by atoms with van der Waals surface area (Å²) in [7, 11) is 0. The average Bonchev–Trinajstić information content (AvgIpc) is 3.56. The van der Waals surface area contributed by atoms with Gasteiger partial charge in [0.25, 0.3) is 0 Å². The molecule has 0 saturated carbocycles. The summed E-state index contributed by atoms with van der Waals surface area (Å²) in [4.78, 5) is 0. The summed E-state index contributed by atoms with van der Waals surface area (Å²) in [6.07, 6.45) is 0.210. The predicted octanol–water partition coefficient (Wildman–Crippen LogP) is 8.52. The summed E-state index contributed by atoms with van der Waals surface area (Å²) in [5.41, 5.74) is 7.39. The van der Waals surface area contributed by atoms with E-state index in [9.17, 15) is 0 Å². The van der Waals surface area contributed by atoms with E-state index in [0.29, 0.717) is 0 Å². The second kappa shape index (κ2) is 9.25. The lowest BCUT2D eigenvalue weighted by Crippen LogP contribution is -2.99. The molecule has 9 rings (SSSR count). The van der Waals surface area contributed by atoms with E-state index >= 15 is 0 Å². The monoisotopic (exact) mass is 557 g/mol. The van der Waals surface area contributed by atoms with Gasteiger partial charge in [-0.3, -0.25) is 0 Å². The Morgan fingerprint density at radius 1 is 0.548 bits per heavy atom. The van der Waals surface area contributed by atoms with Crippen molar-refractivity contribution in [3.8, 4) is 5.69 Å². The number of amidine groups is 1. The van der Waals surface area contributed by atoms with Gasteiger partial charge in [-0.25, -0.2) is 0 Å². The third-order valence-electron chi connectivity index (χ3n) is 8.62. The topological polar surface area (TPSA) is 24.5 Å². The van der Waals surface area contributed by atoms with Gasteiger partial charge in [-0.2, -0.15) is 5.32 Å². The van der Waals surface area contributed by atoms with Gasteiger partial charge in [0.2, 0.25) is 5.69 Å². The Kier molecular flexibility index (Phi) is 5.21. The molecule has 0 spiro atoms. The standard InChI is InChI=1S/C38H25N3S/c1-3-11-25(12-4-1)37-39-38(26-13-5-2-6-14-26)41(37)28-21-19-27(20-22-28)40-33-17-9-7-15-29(33)31-23-32-30-16-8-10-18-35(30)42-36(32)24-34(31)40/h1-24,37H/p+2. The molecule has 0 radical (unpaired) electrons. The van der Waals surface area contributed by atoms with E-state index in [1.807, 2.05) is 11.3 Å². The number of nitrogens with two attached hydrogens (primary N) is 1. The summed E-state index contributed by atoms with van der Waals surface area (Å²) < 4.78 is 7.55. The second-order valence-corrected chi connectivity index (χ2v) is 12.1. The number of rotatable bonds is 4. The maximum Gasteiger partial charge on any atom is 0.384 e. The zero-order valence-corrected chi connectivity index (χ0v) is 23.6. The highest BCUT2D eigenvalue weighted by Gasteiger charge is 2.46. The molecule has 0 bridgehead atoms. The molecule has 1 unspecified atom stereocenters. The van der Waals surface area contributed by atoms with Gasteiger partial charge in [-0.15, -0.1) is 11.3 Å². The van der Waals surface area contributed by atoms with Gasteiger partial charge in [0.05, 0.1) is 16.6 Å². The first-order valence-electron chi connectivity index (χ1n) is 14.4. The number of para-hydroxylation sites is 1. The summed E-state index contributed by atoms with van der Waals surface area (Å²) in [6, 6.07) is 52.9. The van der Waals surface area contributed by atoms with Crippen LogP contribution in [0.3, 0.4) is 0 Å². The third kappa shape index (κ3) is 3.53. The van der Waals surface area contributed by atoms with E-state index < -0.39 is 0 Å². The van der Waals surface area contributed by atoms with Crippen molar-refractivity contribution in [2.24, 2.45) is 0 Å². The molecule has 42 heavy (non-hydrogen) atoms. The van der Waals surface area contributed by atoms with Crippen LogP contribution >= 0.6 is 11.3 Å². The number of benzene rings is 6. The van der Waals surface area contributed by atoms with Crippen molar-refractivity contribution < 1.29 is 9.89 Å². The number of nitrogens with zero attached hydrogens (tertiary/aromatic N) is 2. The highest BCUT2D eigenvalue weighted by molar-refractivity contribution is 7.25. The predicted molar refractivity (Wildman–Crippen MR) is 175 cm³/mol. The lowest BCUT2D eigenvalue weighted by Gasteiger charge is -2.23. The SMILES string of the molecule is c1ccc(C2=[N+](c3ccc(-n4c5ccccc5c5cc6c(cc54)sc4ccccc46)cc3)C(c3ccccc3)[NH2+]2)cc1. The number of fused-ring (bicyclic) bond motifs is 6. The fourth-order valence-corrected chi connectivity index (χ4v) is 7.76. The Labute approximate surface area is 247 Å². The van der Waals surface area contributed by atoms with E-state index in [0.717, 1.165) is 0 Å². The van der Waals surface area contributed by atoms with Crippen LogP contribution in [0, 0.1) is 0 Å². The van der Waals surface area contributed by atoms with Crippen LogP contribution in [0.2, 0.25) is 0 Å². The minimum Gasteiger partial charge on any atom is -0.309 e. The van der Waals surface area contributed by atoms with Gasteiger partial charge in [-0.05, 0) is 60.7 Å². The van der Waals surface area contributed by atoms with Gasteiger partial charge in [-0.1, -0.05) is 77.4 Å². The summed E-state index contributed by atoms with van der Waals surface area (Å²) in [5, 5.41) is 7.64. The smallest absolute Gasteiger partial charge is 0.309 e. The highest BCUT2D eigenvalue weighted by Crippen LogP contribution is 2.40. The van der Waals surface area contributed by atoms with Gasteiger partial charge >= 0.3 is 12.0 Å². The molecule has 0 aliphatic carbocycles. The minimum absolute atomic E-state index is 0.210. The Morgan fingerprint density at radius 2 is 1.24 bits per heavy atom. The molecule has 1 aliphatic heterocycles. The second-order valence-electron chi connectivity index (χ2n) is 11.0. The lowest BCUT2D eigenvalue weighted by molar-refractivity contribution is -0.866. The van der Waals surface area contributed by atoms with Crippen molar-refractivity contribution in [2.45, 2.75) is 6.17 Å². The minimum atomic E-state index is 0.210. The number of aromatic nitrogens is 1. The largest absolute Gasteiger partial charge is 0.384 e. The molecule has 2 aromatic heterocycles. The average molecular weight is 558 g/mol. The first-order valence-corrected chi connectivity index (χ1v) is 15.2. The number of hydrogen-bond acceptors (Lipinski definition) is 1. The van der Waals surface area contributed by atoms with Crippen molar-refractivity contribution in [2.75, 3.05) is 0 Å². The van der Waals surface area contributed by atoms with Crippen LogP contribution < -0.4 is 5.32 Å². The number of thiophene rings is 1. The Morgan fingerprint density at radius 3 is 2.05 bits per heavy atom. The van der Waals surface area contributed by atoms with E-state index in [1.165, 1.54) is 70.3 Å². The maximum absolute atomic E-state index is 2.46. The van der Waals surface area contributed by atoms with Crippen LogP contribution in [-0.2, 0) is 0 Å². The number of quaternary nitrogens is 1. The Hall–Kier alpha value is -5.03. The highest BCUT2D eigenvalue weighted by atomic mass is 32.1. The van der Waals surface area contributed by atoms with Crippen molar-refractivity contribution in [1.29, 1.82) is 0 Å². The van der Waals surface area contributed by atoms with E-state index in [-0.39, 0.29) is 6.17 Å². The molecule has 3 heterocycles. The third-order valence-corrected chi connectivity index (χ3v) is 9.75. The summed E-state index contributed by atoms with van der Waals surface area (Å²) in [5.74, 6) is 1.25. The molecular weight excluding hydrogens is 531 g/mol. The first kappa shape index (κ1) is 23.7. The van der Waals surface area contributed by atoms with E-state index in [4.69, 9.17) is 0 Å². The van der Waals surface area contributed by atoms with Gasteiger partial charge < -0.3 is 4.57 Å². The van der Waals surface area contributed by atoms with Gasteiger partial charge in [0.15, 0.2) is 0 Å². The summed E-state index contributed by atoms with van der Waals surface area (Å²) in [6.45, 7) is 0. The maximum atomic E-state index is 2.46. The molecule has 8 aromatic rings. The van der Waals surface area contributed by atoms with E-state index in [1.54, 1.807) is 0 Å². The molecule has 1 atom stereocenters. The first-order chi connectivity index (χ1) is 20.8. The zero-order chi connectivity index (χ0) is 27.6. The molecular formula is C38H27N3S+2. The van der Waals surface area contributed by atoms with Crippen LogP contribution in [0.4, 0.5) is 5.69 Å². The molecule has 1 aliphatic rings. The molecule has 6 aromatic carbocycles. The van der Waals surface area contributed by atoms with Crippen LogP contribution in [0.15, 0.2) is 146 Å². The van der Waals surface area contributed by atoms with Crippen LogP contribution in [0.5, 0.6) is 0 Å². The molecule has 0 fully saturated rings. The molecule has 198 valence electrons. The lowest BCUT2D eigenvalue weighted by atomic mass is 10.0. The van der Waals surface area contributed by atoms with Crippen molar-refractivity contribution in [1.82, 2.24) is 4.57 Å². The van der Waals surface area contributed by atoms with Crippen molar-refractivity contribution in [3.63, 3.8) is 0 Å². The quantitative estimate of drug-likeness (QED) is 0.210. The summed E-state index contributed by atoms with van der Waals surface area (Å²) >= 11 is 1.88. The molecule has 0 amide bonds. The fraction of sp³-hybridized carbons (Fsp3) is 0.0263. The van der Waals surface area contributed by atoms with Gasteiger partial charge in [0.1, 0.15) is 5.56 Å². The van der Waals surface area contributed by atoms with Crippen LogP contribution in [0.25, 0.3) is 47.7 Å². The molecule has 0 saturated heterocycles. The fourth-order valence-electron chi connectivity index (χ4n) is 6.64. The van der Waals surface area contributed by atoms with Crippen LogP contribution in [0.1, 0.15) is 17.3 Å². The molecule has 4 heteroatoms. The van der Waals surface area contributed by atoms with Crippen molar-refractivity contribution in [3.05, 3.63) is 157 Å².